The zero-order valence-electron chi connectivity index (χ0n) is 13.3. The van der Waals surface area contributed by atoms with Crippen molar-refractivity contribution in [2.24, 2.45) is 0 Å². The van der Waals surface area contributed by atoms with E-state index < -0.39 is 0 Å². The first-order valence-corrected chi connectivity index (χ1v) is 7.89. The van der Waals surface area contributed by atoms with Crippen LogP contribution in [0.1, 0.15) is 39.7 Å². The molecule has 0 aromatic carbocycles. The lowest BCUT2D eigenvalue weighted by atomic mass is 10.2. The standard InChI is InChI=1S/C15H27N5O/c1-4-19(10-13-6-5-8-16-13)11-15(21)18-14-7-9-17-20(14)12(2)3/h7,9,12-13,16H,4-6,8,10-11H2,1-3H3,(H,18,21). The summed E-state index contributed by atoms with van der Waals surface area (Å²) in [7, 11) is 0. The van der Waals surface area contributed by atoms with Gasteiger partial charge >= 0.3 is 0 Å². The number of nitrogens with zero attached hydrogens (tertiary/aromatic N) is 3. The largest absolute Gasteiger partial charge is 0.313 e. The van der Waals surface area contributed by atoms with Crippen LogP contribution in [0.2, 0.25) is 0 Å². The minimum absolute atomic E-state index is 0.0252. The van der Waals surface area contributed by atoms with Crippen molar-refractivity contribution in [2.45, 2.75) is 45.7 Å². The van der Waals surface area contributed by atoms with Gasteiger partial charge < -0.3 is 10.6 Å². The first kappa shape index (κ1) is 16.0. The van der Waals surface area contributed by atoms with Gasteiger partial charge in [0.25, 0.3) is 0 Å². The van der Waals surface area contributed by atoms with Crippen molar-refractivity contribution < 1.29 is 4.79 Å². The van der Waals surface area contributed by atoms with Crippen molar-refractivity contribution >= 4 is 11.7 Å². The van der Waals surface area contributed by atoms with Gasteiger partial charge in [-0.15, -0.1) is 0 Å². The predicted octanol–water partition coefficient (Wildman–Crippen LogP) is 1.48. The Morgan fingerprint density at radius 1 is 1.62 bits per heavy atom. The highest BCUT2D eigenvalue weighted by atomic mass is 16.2. The van der Waals surface area contributed by atoms with Gasteiger partial charge in [-0.3, -0.25) is 9.69 Å². The molecule has 2 N–H and O–H groups in total. The topological polar surface area (TPSA) is 62.2 Å². The molecule has 1 aromatic rings. The summed E-state index contributed by atoms with van der Waals surface area (Å²) < 4.78 is 1.83. The normalized spacial score (nSPS) is 18.6. The molecule has 0 spiro atoms. The quantitative estimate of drug-likeness (QED) is 0.799. The predicted molar refractivity (Wildman–Crippen MR) is 84.4 cm³/mol. The Labute approximate surface area is 126 Å². The van der Waals surface area contributed by atoms with Gasteiger partial charge in [-0.1, -0.05) is 6.92 Å². The molecule has 1 unspecified atom stereocenters. The minimum Gasteiger partial charge on any atom is -0.313 e. The van der Waals surface area contributed by atoms with E-state index in [1.807, 2.05) is 24.6 Å². The SMILES string of the molecule is CCN(CC(=O)Nc1ccnn1C(C)C)CC1CCCN1. The van der Waals surface area contributed by atoms with E-state index in [-0.39, 0.29) is 11.9 Å². The molecule has 118 valence electrons. The molecule has 6 heteroatoms. The Morgan fingerprint density at radius 3 is 3.05 bits per heavy atom. The zero-order chi connectivity index (χ0) is 15.2. The average Bonchev–Trinajstić information content (AvgIpc) is 3.09. The van der Waals surface area contributed by atoms with E-state index in [9.17, 15) is 4.79 Å². The maximum atomic E-state index is 12.2. The van der Waals surface area contributed by atoms with Gasteiger partial charge in [0.15, 0.2) is 0 Å². The molecule has 2 heterocycles. The number of carbonyl (C=O) groups is 1. The van der Waals surface area contributed by atoms with Crippen LogP contribution in [0.3, 0.4) is 0 Å². The minimum atomic E-state index is 0.0252. The number of anilines is 1. The molecule has 1 aromatic heterocycles. The fourth-order valence-electron chi connectivity index (χ4n) is 2.74. The van der Waals surface area contributed by atoms with E-state index in [2.05, 4.69) is 27.6 Å². The van der Waals surface area contributed by atoms with Gasteiger partial charge in [0, 0.05) is 24.7 Å². The summed E-state index contributed by atoms with van der Waals surface area (Å²) in [6.45, 7) is 9.54. The third-order valence-electron chi connectivity index (χ3n) is 3.88. The van der Waals surface area contributed by atoms with Crippen LogP contribution < -0.4 is 10.6 Å². The summed E-state index contributed by atoms with van der Waals surface area (Å²) in [5.41, 5.74) is 0. The molecule has 1 aliphatic rings. The van der Waals surface area contributed by atoms with Crippen LogP contribution in [0.15, 0.2) is 12.3 Å². The molecule has 21 heavy (non-hydrogen) atoms. The highest BCUT2D eigenvalue weighted by Crippen LogP contribution is 2.13. The molecule has 1 saturated heterocycles. The van der Waals surface area contributed by atoms with E-state index in [0.29, 0.717) is 12.6 Å². The third-order valence-corrected chi connectivity index (χ3v) is 3.88. The van der Waals surface area contributed by atoms with Gasteiger partial charge in [-0.2, -0.15) is 5.10 Å². The average molecular weight is 293 g/mol. The monoisotopic (exact) mass is 293 g/mol. The third kappa shape index (κ3) is 4.54. The van der Waals surface area contributed by atoms with Crippen LogP contribution in [0.4, 0.5) is 5.82 Å². The zero-order valence-corrected chi connectivity index (χ0v) is 13.3. The molecular weight excluding hydrogens is 266 g/mol. The summed E-state index contributed by atoms with van der Waals surface area (Å²) in [4.78, 5) is 14.4. The van der Waals surface area contributed by atoms with E-state index >= 15 is 0 Å². The van der Waals surface area contributed by atoms with Crippen molar-refractivity contribution in [1.29, 1.82) is 0 Å². The first-order valence-electron chi connectivity index (χ1n) is 7.89. The lowest BCUT2D eigenvalue weighted by Crippen LogP contribution is -2.41. The Kier molecular flexibility index (Phi) is 5.76. The molecule has 0 bridgehead atoms. The van der Waals surface area contributed by atoms with E-state index in [0.717, 1.165) is 25.5 Å². The second-order valence-electron chi connectivity index (χ2n) is 5.92. The summed E-state index contributed by atoms with van der Waals surface area (Å²) in [5, 5.41) is 10.7. The lowest BCUT2D eigenvalue weighted by Gasteiger charge is -2.23. The summed E-state index contributed by atoms with van der Waals surface area (Å²) in [6.07, 6.45) is 4.16. The van der Waals surface area contributed by atoms with E-state index in [1.54, 1.807) is 6.20 Å². The molecular formula is C15H27N5O. The van der Waals surface area contributed by atoms with Crippen molar-refractivity contribution in [3.8, 4) is 0 Å². The summed E-state index contributed by atoms with van der Waals surface area (Å²) in [5.74, 6) is 0.794. The van der Waals surface area contributed by atoms with Crippen LogP contribution in [-0.4, -0.2) is 52.8 Å². The van der Waals surface area contributed by atoms with Gasteiger partial charge in [0.1, 0.15) is 5.82 Å². The van der Waals surface area contributed by atoms with Crippen LogP contribution in [-0.2, 0) is 4.79 Å². The number of hydrogen-bond acceptors (Lipinski definition) is 4. The van der Waals surface area contributed by atoms with E-state index in [4.69, 9.17) is 0 Å². The highest BCUT2D eigenvalue weighted by molar-refractivity contribution is 5.91. The fraction of sp³-hybridized carbons (Fsp3) is 0.733. The number of rotatable bonds is 7. The smallest absolute Gasteiger partial charge is 0.239 e. The Hall–Kier alpha value is -1.40. The second-order valence-corrected chi connectivity index (χ2v) is 5.92. The highest BCUT2D eigenvalue weighted by Gasteiger charge is 2.19. The molecule has 0 radical (unpaired) electrons. The Bertz CT molecular complexity index is 451. The molecule has 1 aliphatic heterocycles. The van der Waals surface area contributed by atoms with Gasteiger partial charge in [0.05, 0.1) is 12.7 Å². The molecule has 1 fully saturated rings. The number of likely N-dealkylation sites (N-methyl/N-ethyl adjacent to an activating group) is 1. The van der Waals surface area contributed by atoms with Gasteiger partial charge in [-0.05, 0) is 39.8 Å². The Balaban J connectivity index is 1.85. The van der Waals surface area contributed by atoms with E-state index in [1.165, 1.54) is 12.8 Å². The molecule has 1 amide bonds. The molecule has 2 rings (SSSR count). The van der Waals surface area contributed by atoms with Crippen molar-refractivity contribution in [3.63, 3.8) is 0 Å². The number of hydrogen-bond donors (Lipinski definition) is 2. The lowest BCUT2D eigenvalue weighted by molar-refractivity contribution is -0.117. The van der Waals surface area contributed by atoms with Crippen LogP contribution >= 0.6 is 0 Å². The summed E-state index contributed by atoms with van der Waals surface area (Å²) >= 11 is 0. The maximum absolute atomic E-state index is 12.2. The maximum Gasteiger partial charge on any atom is 0.239 e. The Morgan fingerprint density at radius 2 is 2.43 bits per heavy atom. The summed E-state index contributed by atoms with van der Waals surface area (Å²) in [6, 6.07) is 2.60. The van der Waals surface area contributed by atoms with Crippen LogP contribution in [0, 0.1) is 0 Å². The van der Waals surface area contributed by atoms with Crippen molar-refractivity contribution in [1.82, 2.24) is 20.0 Å². The molecule has 0 saturated carbocycles. The molecule has 6 nitrogen and oxygen atoms in total. The van der Waals surface area contributed by atoms with Crippen LogP contribution in [0.5, 0.6) is 0 Å². The van der Waals surface area contributed by atoms with Crippen molar-refractivity contribution in [2.75, 3.05) is 31.5 Å². The van der Waals surface area contributed by atoms with Crippen molar-refractivity contribution in [3.05, 3.63) is 12.3 Å². The fourth-order valence-corrected chi connectivity index (χ4v) is 2.74. The first-order chi connectivity index (χ1) is 10.1. The molecule has 0 aliphatic carbocycles. The molecule has 1 atom stereocenters. The number of carbonyl (C=O) groups excluding carboxylic acids is 1. The van der Waals surface area contributed by atoms with Gasteiger partial charge in [0.2, 0.25) is 5.91 Å². The number of nitrogens with one attached hydrogen (secondary N) is 2. The number of aromatic nitrogens is 2. The number of amides is 1. The van der Waals surface area contributed by atoms with Crippen LogP contribution in [0.25, 0.3) is 0 Å². The second kappa shape index (κ2) is 7.56. The van der Waals surface area contributed by atoms with Gasteiger partial charge in [-0.25, -0.2) is 4.68 Å².